The average molecular weight is 563 g/mol. The molecule has 2 aromatic heterocycles. The lowest BCUT2D eigenvalue weighted by Crippen LogP contribution is -2.10. The molecule has 0 radical (unpaired) electrons. The molecule has 7 aromatic carbocycles. The van der Waals surface area contributed by atoms with Gasteiger partial charge in [-0.3, -0.25) is 0 Å². The van der Waals surface area contributed by atoms with Crippen LogP contribution in [0.4, 0.5) is 17.1 Å². The molecule has 0 fully saturated rings. The number of hydrogen-bond acceptors (Lipinski definition) is 3. The van der Waals surface area contributed by atoms with Crippen LogP contribution in [0.3, 0.4) is 0 Å². The molecule has 9 rings (SSSR count). The minimum absolute atomic E-state index is 0.0993. The van der Waals surface area contributed by atoms with Crippen LogP contribution in [-0.4, -0.2) is 0 Å². The fraction of sp³-hybridized carbons (Fsp3) is 0. The summed E-state index contributed by atoms with van der Waals surface area (Å²) in [5.41, 5.74) is 0.832. The molecule has 0 aliphatic heterocycles. The van der Waals surface area contributed by atoms with Gasteiger partial charge in [0.25, 0.3) is 0 Å². The number of nitrogens with zero attached hydrogens (tertiary/aromatic N) is 1. The van der Waals surface area contributed by atoms with Gasteiger partial charge in [0, 0.05) is 38.5 Å². The minimum Gasteiger partial charge on any atom is -0.455 e. The standard InChI is InChI=1S/C40H25NO2/c1-2-11-28(12-3-1)41(35-17-9-19-37-38(35)34-25-22-26-10-4-5-13-30(26)40(34)43-37)29-23-20-27(21-24-29)31-15-8-16-33-32-14-6-7-18-36(32)42-39(31)33/h1-25H/i6D,7D,8D,14D,15D,16D,18D,20D,21D,23D,24D. The van der Waals surface area contributed by atoms with Crippen LogP contribution in [-0.2, 0) is 0 Å². The number of rotatable bonds is 4. The SMILES string of the molecule is [2H]c1c([2H])c(N(c2ccccc2)c2cccc3oc4c5ccccc5ccc4c23)c([2H])c([2H])c1-c1c([2H])c([2H])c([2H])c2c1oc1c([2H])c([2H])c([2H])c([2H])c12. The molecule has 0 spiro atoms. The van der Waals surface area contributed by atoms with Crippen LogP contribution in [0.1, 0.15) is 15.1 Å². The molecule has 9 aromatic rings. The van der Waals surface area contributed by atoms with Crippen molar-refractivity contribution in [3.8, 4) is 11.1 Å². The average Bonchev–Trinajstić information content (AvgIpc) is 3.78. The zero-order valence-electron chi connectivity index (χ0n) is 33.3. The quantitative estimate of drug-likeness (QED) is 0.214. The van der Waals surface area contributed by atoms with Gasteiger partial charge in [0.2, 0.25) is 0 Å². The molecule has 0 aliphatic carbocycles. The predicted octanol–water partition coefficient (Wildman–Crippen LogP) is 11.8. The van der Waals surface area contributed by atoms with Gasteiger partial charge < -0.3 is 13.7 Å². The molecule has 0 saturated heterocycles. The highest BCUT2D eigenvalue weighted by Gasteiger charge is 2.20. The van der Waals surface area contributed by atoms with Gasteiger partial charge >= 0.3 is 0 Å². The summed E-state index contributed by atoms with van der Waals surface area (Å²) >= 11 is 0. The second-order valence-corrected chi connectivity index (χ2v) is 10.1. The largest absolute Gasteiger partial charge is 0.455 e. The monoisotopic (exact) mass is 562 g/mol. The Morgan fingerprint density at radius 3 is 2.19 bits per heavy atom. The fourth-order valence-electron chi connectivity index (χ4n) is 5.73. The summed E-state index contributed by atoms with van der Waals surface area (Å²) in [5.74, 6) is 0. The van der Waals surface area contributed by atoms with Crippen LogP contribution in [0.5, 0.6) is 0 Å². The Morgan fingerprint density at radius 2 is 1.28 bits per heavy atom. The molecule has 0 saturated carbocycles. The summed E-state index contributed by atoms with van der Waals surface area (Å²) in [7, 11) is 0. The first kappa shape index (κ1) is 15.4. The van der Waals surface area contributed by atoms with Gasteiger partial charge in [-0.2, -0.15) is 0 Å². The number of furan rings is 2. The maximum Gasteiger partial charge on any atom is 0.143 e. The van der Waals surface area contributed by atoms with E-state index in [-0.39, 0.29) is 38.8 Å². The van der Waals surface area contributed by atoms with E-state index >= 15 is 0 Å². The third-order valence-corrected chi connectivity index (χ3v) is 7.64. The van der Waals surface area contributed by atoms with Crippen molar-refractivity contribution in [3.05, 3.63) is 151 Å². The smallest absolute Gasteiger partial charge is 0.143 e. The van der Waals surface area contributed by atoms with E-state index in [1.165, 1.54) is 0 Å². The number of anilines is 3. The molecule has 0 unspecified atom stereocenters. The molecule has 3 nitrogen and oxygen atoms in total. The maximum atomic E-state index is 9.46. The second kappa shape index (κ2) is 9.37. The fourth-order valence-corrected chi connectivity index (χ4v) is 5.73. The summed E-state index contributed by atoms with van der Waals surface area (Å²) in [4.78, 5) is 1.64. The molecule has 3 heteroatoms. The number of hydrogen-bond donors (Lipinski definition) is 0. The van der Waals surface area contributed by atoms with Crippen LogP contribution < -0.4 is 4.90 Å². The van der Waals surface area contributed by atoms with Crippen LogP contribution in [0, 0.1) is 0 Å². The first-order valence-corrected chi connectivity index (χ1v) is 13.6. The van der Waals surface area contributed by atoms with Crippen LogP contribution in [0.2, 0.25) is 0 Å². The lowest BCUT2D eigenvalue weighted by Gasteiger charge is -2.26. The Hall–Kier alpha value is -5.80. The highest BCUT2D eigenvalue weighted by atomic mass is 16.3. The maximum absolute atomic E-state index is 9.46. The Morgan fingerprint density at radius 1 is 0.488 bits per heavy atom. The van der Waals surface area contributed by atoms with Gasteiger partial charge in [0.1, 0.15) is 22.3 Å². The van der Waals surface area contributed by atoms with Crippen LogP contribution in [0.15, 0.2) is 160 Å². The lowest BCUT2D eigenvalue weighted by molar-refractivity contribution is 0.670. The second-order valence-electron chi connectivity index (χ2n) is 10.1. The van der Waals surface area contributed by atoms with Crippen LogP contribution in [0.25, 0.3) is 65.8 Å². The van der Waals surface area contributed by atoms with Crippen molar-refractivity contribution in [2.45, 2.75) is 0 Å². The molecule has 0 bridgehead atoms. The Labute approximate surface area is 263 Å². The molecule has 43 heavy (non-hydrogen) atoms. The van der Waals surface area contributed by atoms with E-state index in [1.807, 2.05) is 54.6 Å². The summed E-state index contributed by atoms with van der Waals surface area (Å²) in [6.07, 6.45) is 0. The van der Waals surface area contributed by atoms with Crippen molar-refractivity contribution in [1.82, 2.24) is 0 Å². The molecule has 0 aliphatic rings. The topological polar surface area (TPSA) is 29.5 Å². The summed E-state index contributed by atoms with van der Waals surface area (Å²) in [5, 5.41) is 2.99. The first-order chi connectivity index (χ1) is 25.9. The van der Waals surface area contributed by atoms with E-state index in [4.69, 9.17) is 18.4 Å². The van der Waals surface area contributed by atoms with E-state index in [1.54, 1.807) is 35.2 Å². The van der Waals surface area contributed by atoms with Gasteiger partial charge in [-0.15, -0.1) is 0 Å². The van der Waals surface area contributed by atoms with Crippen molar-refractivity contribution >= 4 is 71.7 Å². The van der Waals surface area contributed by atoms with Gasteiger partial charge in [-0.1, -0.05) is 103 Å². The molecule has 0 N–H and O–H groups in total. The highest BCUT2D eigenvalue weighted by molar-refractivity contribution is 6.19. The van der Waals surface area contributed by atoms with Crippen molar-refractivity contribution in [1.29, 1.82) is 0 Å². The first-order valence-electron chi connectivity index (χ1n) is 19.1. The Balaban J connectivity index is 1.37. The van der Waals surface area contributed by atoms with Crippen molar-refractivity contribution < 1.29 is 23.9 Å². The van der Waals surface area contributed by atoms with Crippen molar-refractivity contribution in [3.63, 3.8) is 0 Å². The van der Waals surface area contributed by atoms with E-state index in [2.05, 4.69) is 0 Å². The lowest BCUT2D eigenvalue weighted by atomic mass is 10.0. The van der Waals surface area contributed by atoms with E-state index in [0.29, 0.717) is 27.9 Å². The summed E-state index contributed by atoms with van der Waals surface area (Å²) in [6, 6.07) is 20.1. The van der Waals surface area contributed by atoms with E-state index in [9.17, 15) is 5.48 Å². The third kappa shape index (κ3) is 3.68. The highest BCUT2D eigenvalue weighted by Crippen LogP contribution is 2.44. The van der Waals surface area contributed by atoms with Crippen LogP contribution >= 0.6 is 0 Å². The molecule has 0 amide bonds. The predicted molar refractivity (Wildman–Crippen MR) is 179 cm³/mol. The molecular weight excluding hydrogens is 526 g/mol. The molecular formula is C40H25NO2. The van der Waals surface area contributed by atoms with Gasteiger partial charge in [-0.25, -0.2) is 0 Å². The summed E-state index contributed by atoms with van der Waals surface area (Å²) in [6.45, 7) is 0. The number of fused-ring (bicyclic) bond motifs is 8. The van der Waals surface area contributed by atoms with Gasteiger partial charge in [0.15, 0.2) is 0 Å². The van der Waals surface area contributed by atoms with Crippen molar-refractivity contribution in [2.75, 3.05) is 4.90 Å². The Bertz CT molecular complexity index is 3050. The van der Waals surface area contributed by atoms with Gasteiger partial charge in [-0.05, 0) is 59.4 Å². The summed E-state index contributed by atoms with van der Waals surface area (Å²) < 4.78 is 110. The van der Waals surface area contributed by atoms with Gasteiger partial charge in [0.05, 0.1) is 26.2 Å². The molecule has 2 heterocycles. The van der Waals surface area contributed by atoms with E-state index < -0.39 is 66.5 Å². The zero-order chi connectivity index (χ0) is 37.9. The van der Waals surface area contributed by atoms with E-state index in [0.717, 1.165) is 16.2 Å². The normalized spacial score (nSPS) is 15.3. The Kier molecular flexibility index (Phi) is 3.36. The van der Waals surface area contributed by atoms with Crippen molar-refractivity contribution in [2.24, 2.45) is 0 Å². The number of para-hydroxylation sites is 3. The number of benzene rings is 7. The zero-order valence-corrected chi connectivity index (χ0v) is 22.3. The molecule has 202 valence electrons. The molecule has 0 atom stereocenters. The third-order valence-electron chi connectivity index (χ3n) is 7.64. The minimum atomic E-state index is -0.634.